The Kier molecular flexibility index (Phi) is 4.46. The van der Waals surface area contributed by atoms with Gasteiger partial charge in [-0.15, -0.1) is 0 Å². The first-order valence-electron chi connectivity index (χ1n) is 8.73. The van der Waals surface area contributed by atoms with Crippen LogP contribution in [0.2, 0.25) is 0 Å². The lowest BCUT2D eigenvalue weighted by Gasteiger charge is -2.32. The number of nitrogens with zero attached hydrogens (tertiary/aromatic N) is 3. The molecule has 0 aliphatic carbocycles. The number of aromatic nitrogens is 3. The van der Waals surface area contributed by atoms with Crippen LogP contribution in [0, 0.1) is 5.82 Å². The summed E-state index contributed by atoms with van der Waals surface area (Å²) in [5, 5.41) is 5.50. The minimum absolute atomic E-state index is 0.0399. The van der Waals surface area contributed by atoms with Crippen molar-refractivity contribution in [2.45, 2.75) is 18.9 Å². The summed E-state index contributed by atoms with van der Waals surface area (Å²) < 4.78 is 20.3. The quantitative estimate of drug-likeness (QED) is 0.782. The number of amides is 1. The Bertz CT molecular complexity index is 925. The van der Waals surface area contributed by atoms with Gasteiger partial charge >= 0.3 is 0 Å². The Morgan fingerprint density at radius 2 is 2.19 bits per heavy atom. The first-order valence-corrected chi connectivity index (χ1v) is 8.73. The van der Waals surface area contributed by atoms with E-state index in [0.717, 1.165) is 34.9 Å². The van der Waals surface area contributed by atoms with E-state index >= 15 is 0 Å². The summed E-state index contributed by atoms with van der Waals surface area (Å²) >= 11 is 0. The van der Waals surface area contributed by atoms with Gasteiger partial charge in [-0.05, 0) is 31.0 Å². The van der Waals surface area contributed by atoms with Crippen LogP contribution < -0.4 is 0 Å². The zero-order valence-electron chi connectivity index (χ0n) is 14.6. The molecule has 3 aromatic rings. The molecule has 1 saturated heterocycles. The van der Waals surface area contributed by atoms with Gasteiger partial charge < -0.3 is 14.6 Å². The van der Waals surface area contributed by atoms with Gasteiger partial charge in [-0.2, -0.15) is 5.10 Å². The maximum Gasteiger partial charge on any atom is 0.248 e. The lowest BCUT2D eigenvalue weighted by molar-refractivity contribution is -0.136. The van der Waals surface area contributed by atoms with Crippen molar-refractivity contribution in [1.82, 2.24) is 19.7 Å². The Morgan fingerprint density at radius 3 is 2.96 bits per heavy atom. The molecule has 1 aromatic carbocycles. The summed E-state index contributed by atoms with van der Waals surface area (Å²) in [6.45, 7) is 1.57. The molecule has 0 spiro atoms. The number of nitrogens with one attached hydrogen (secondary N) is 1. The standard InChI is InChI=1S/C19H21FN4O2/c1-26-12-19(25)23-6-4-15(5-7-23)24-11-13(9-22-24)17-10-21-18-8-14(20)2-3-16(17)18/h2-3,8-11,15,21H,4-7,12H2,1H3. The summed E-state index contributed by atoms with van der Waals surface area (Å²) in [5.74, 6) is -0.213. The van der Waals surface area contributed by atoms with Crippen molar-refractivity contribution in [2.24, 2.45) is 0 Å². The maximum absolute atomic E-state index is 13.4. The van der Waals surface area contributed by atoms with E-state index < -0.39 is 0 Å². The number of fused-ring (bicyclic) bond motifs is 1. The number of likely N-dealkylation sites (tertiary alicyclic amines) is 1. The largest absolute Gasteiger partial charge is 0.375 e. The molecule has 4 rings (SSSR count). The summed E-state index contributed by atoms with van der Waals surface area (Å²) in [6, 6.07) is 5.03. The van der Waals surface area contributed by atoms with Gasteiger partial charge in [-0.1, -0.05) is 0 Å². The SMILES string of the molecule is COCC(=O)N1CCC(n2cc(-c3c[nH]c4cc(F)ccc34)cn2)CC1. The molecule has 0 radical (unpaired) electrons. The molecule has 1 aliphatic rings. The molecule has 3 heterocycles. The van der Waals surface area contributed by atoms with E-state index in [0.29, 0.717) is 13.1 Å². The van der Waals surface area contributed by atoms with Gasteiger partial charge in [0.1, 0.15) is 12.4 Å². The van der Waals surface area contributed by atoms with E-state index in [1.54, 1.807) is 6.07 Å². The number of piperidine rings is 1. The second-order valence-corrected chi connectivity index (χ2v) is 6.65. The molecule has 1 aliphatic heterocycles. The van der Waals surface area contributed by atoms with E-state index in [-0.39, 0.29) is 24.4 Å². The molecule has 2 aromatic heterocycles. The Hall–Kier alpha value is -2.67. The molecular weight excluding hydrogens is 335 g/mol. The maximum atomic E-state index is 13.4. The van der Waals surface area contributed by atoms with Gasteiger partial charge in [0.05, 0.1) is 12.2 Å². The molecule has 0 unspecified atom stereocenters. The molecule has 6 nitrogen and oxygen atoms in total. The number of halogens is 1. The predicted molar refractivity (Wildman–Crippen MR) is 96.2 cm³/mol. The number of rotatable bonds is 4. The molecule has 1 N–H and O–H groups in total. The van der Waals surface area contributed by atoms with Crippen LogP contribution in [-0.4, -0.2) is 52.4 Å². The first kappa shape index (κ1) is 16.8. The van der Waals surface area contributed by atoms with Gasteiger partial charge in [-0.3, -0.25) is 9.48 Å². The second kappa shape index (κ2) is 6.92. The number of hydrogen-bond donors (Lipinski definition) is 1. The fourth-order valence-corrected chi connectivity index (χ4v) is 3.61. The van der Waals surface area contributed by atoms with E-state index in [9.17, 15) is 9.18 Å². The molecule has 7 heteroatoms. The van der Waals surface area contributed by atoms with Gasteiger partial charge in [0.25, 0.3) is 0 Å². The van der Waals surface area contributed by atoms with Crippen molar-refractivity contribution in [3.8, 4) is 11.1 Å². The van der Waals surface area contributed by atoms with Crippen LogP contribution in [0.4, 0.5) is 4.39 Å². The fraction of sp³-hybridized carbons (Fsp3) is 0.368. The molecule has 1 amide bonds. The molecule has 1 fully saturated rings. The van der Waals surface area contributed by atoms with Crippen molar-refractivity contribution in [3.05, 3.63) is 42.6 Å². The zero-order chi connectivity index (χ0) is 18.1. The van der Waals surface area contributed by atoms with Crippen molar-refractivity contribution in [1.29, 1.82) is 0 Å². The van der Waals surface area contributed by atoms with Crippen molar-refractivity contribution in [3.63, 3.8) is 0 Å². The van der Waals surface area contributed by atoms with Crippen molar-refractivity contribution in [2.75, 3.05) is 26.8 Å². The highest BCUT2D eigenvalue weighted by Crippen LogP contribution is 2.30. The minimum Gasteiger partial charge on any atom is -0.375 e. The Balaban J connectivity index is 1.49. The average Bonchev–Trinajstić information content (AvgIpc) is 3.28. The minimum atomic E-state index is -0.253. The molecule has 0 bridgehead atoms. The predicted octanol–water partition coefficient (Wildman–Crippen LogP) is 2.98. The molecule has 0 saturated carbocycles. The highest BCUT2D eigenvalue weighted by molar-refractivity contribution is 5.95. The lowest BCUT2D eigenvalue weighted by Crippen LogP contribution is -2.40. The number of carbonyl (C=O) groups is 1. The second-order valence-electron chi connectivity index (χ2n) is 6.65. The fourth-order valence-electron chi connectivity index (χ4n) is 3.61. The number of H-pyrrole nitrogens is 1. The highest BCUT2D eigenvalue weighted by Gasteiger charge is 2.24. The van der Waals surface area contributed by atoms with Crippen LogP contribution in [0.3, 0.4) is 0 Å². The highest BCUT2D eigenvalue weighted by atomic mass is 19.1. The molecule has 26 heavy (non-hydrogen) atoms. The van der Waals surface area contributed by atoms with Gasteiger partial charge in [-0.25, -0.2) is 4.39 Å². The normalized spacial score (nSPS) is 15.7. The summed E-state index contributed by atoms with van der Waals surface area (Å²) in [6.07, 6.45) is 7.50. The third-order valence-electron chi connectivity index (χ3n) is 5.02. The summed E-state index contributed by atoms with van der Waals surface area (Å²) in [5.41, 5.74) is 2.79. The van der Waals surface area contributed by atoms with Crippen LogP contribution in [0.15, 0.2) is 36.8 Å². The lowest BCUT2D eigenvalue weighted by atomic mass is 10.0. The van der Waals surface area contributed by atoms with Gasteiger partial charge in [0.15, 0.2) is 0 Å². The van der Waals surface area contributed by atoms with Crippen LogP contribution in [-0.2, 0) is 9.53 Å². The van der Waals surface area contributed by atoms with E-state index in [2.05, 4.69) is 10.1 Å². The smallest absolute Gasteiger partial charge is 0.248 e. The number of methoxy groups -OCH3 is 1. The summed E-state index contributed by atoms with van der Waals surface area (Å²) in [4.78, 5) is 16.9. The Morgan fingerprint density at radius 1 is 1.38 bits per heavy atom. The third kappa shape index (κ3) is 3.10. The molecule has 0 atom stereocenters. The van der Waals surface area contributed by atoms with E-state index in [4.69, 9.17) is 4.74 Å². The number of hydrogen-bond acceptors (Lipinski definition) is 3. The number of benzene rings is 1. The van der Waals surface area contributed by atoms with Crippen LogP contribution in [0.1, 0.15) is 18.9 Å². The van der Waals surface area contributed by atoms with Gasteiger partial charge in [0.2, 0.25) is 5.91 Å². The van der Waals surface area contributed by atoms with Crippen LogP contribution >= 0.6 is 0 Å². The van der Waals surface area contributed by atoms with E-state index in [1.807, 2.05) is 28.2 Å². The van der Waals surface area contributed by atoms with Crippen molar-refractivity contribution < 1.29 is 13.9 Å². The molecular formula is C19H21FN4O2. The zero-order valence-corrected chi connectivity index (χ0v) is 14.6. The van der Waals surface area contributed by atoms with Crippen LogP contribution in [0.25, 0.3) is 22.0 Å². The monoisotopic (exact) mass is 356 g/mol. The van der Waals surface area contributed by atoms with E-state index in [1.165, 1.54) is 19.2 Å². The first-order chi connectivity index (χ1) is 12.7. The average molecular weight is 356 g/mol. The number of aromatic amines is 1. The third-order valence-corrected chi connectivity index (χ3v) is 5.02. The summed E-state index contributed by atoms with van der Waals surface area (Å²) in [7, 11) is 1.54. The number of ether oxygens (including phenoxy) is 1. The Labute approximate surface area is 150 Å². The van der Waals surface area contributed by atoms with Gasteiger partial charge in [0, 0.05) is 54.6 Å². The van der Waals surface area contributed by atoms with Crippen molar-refractivity contribution >= 4 is 16.8 Å². The topological polar surface area (TPSA) is 63.1 Å². The van der Waals surface area contributed by atoms with Crippen LogP contribution in [0.5, 0.6) is 0 Å². The molecule has 136 valence electrons. The number of carbonyl (C=O) groups excluding carboxylic acids is 1.